The van der Waals surface area contributed by atoms with Gasteiger partial charge >= 0.3 is 12.2 Å². The smallest absolute Gasteiger partial charge is 0.324 e. The summed E-state index contributed by atoms with van der Waals surface area (Å²) in [5.74, 6) is -1.67. The van der Waals surface area contributed by atoms with Crippen LogP contribution in [0.25, 0.3) is 6.08 Å². The maximum Gasteiger partial charge on any atom is 0.418 e. The van der Waals surface area contributed by atoms with E-state index in [1.165, 1.54) is 18.2 Å². The van der Waals surface area contributed by atoms with Crippen molar-refractivity contribution in [2.24, 2.45) is 0 Å². The van der Waals surface area contributed by atoms with Gasteiger partial charge in [0.2, 0.25) is 5.91 Å². The number of nitrogens with one attached hydrogen (secondary N) is 2. The molecule has 3 rings (SSSR count). The lowest BCUT2D eigenvalue weighted by Gasteiger charge is -2.18. The first kappa shape index (κ1) is 23.1. The Balaban J connectivity index is 1.72. The van der Waals surface area contributed by atoms with Gasteiger partial charge < -0.3 is 10.6 Å². The summed E-state index contributed by atoms with van der Waals surface area (Å²) in [6.45, 7) is 5.48. The number of hydrogen-bond acceptors (Lipinski definition) is 3. The van der Waals surface area contributed by atoms with Crippen LogP contribution in [-0.4, -0.2) is 29.3 Å². The molecule has 2 aromatic carbocycles. The van der Waals surface area contributed by atoms with Crippen LogP contribution in [-0.2, 0) is 21.2 Å². The number of imide groups is 1. The average molecular weight is 445 g/mol. The minimum absolute atomic E-state index is 0.0259. The van der Waals surface area contributed by atoms with E-state index in [1.807, 2.05) is 12.1 Å². The zero-order valence-electron chi connectivity index (χ0n) is 17.7. The Morgan fingerprint density at radius 2 is 1.66 bits per heavy atom. The Bertz CT molecular complexity index is 1080. The van der Waals surface area contributed by atoms with Crippen molar-refractivity contribution >= 4 is 29.6 Å². The molecule has 0 atom stereocenters. The topological polar surface area (TPSA) is 78.5 Å². The number of para-hydroxylation sites is 1. The SMILES string of the molecule is CC(C)(C)c1ccc(/C=C2\NC(=O)N(CC(=O)Nc3ccccc3C(F)(F)F)C2=O)cc1. The number of hydrogen-bond donors (Lipinski definition) is 2. The van der Waals surface area contributed by atoms with Crippen LogP contribution in [0, 0.1) is 0 Å². The molecule has 9 heteroatoms. The second-order valence-electron chi connectivity index (χ2n) is 8.34. The van der Waals surface area contributed by atoms with Crippen molar-refractivity contribution in [3.63, 3.8) is 0 Å². The number of alkyl halides is 3. The number of carbonyl (C=O) groups is 3. The fourth-order valence-electron chi connectivity index (χ4n) is 3.13. The lowest BCUT2D eigenvalue weighted by atomic mass is 9.87. The van der Waals surface area contributed by atoms with Crippen LogP contribution in [0.4, 0.5) is 23.7 Å². The summed E-state index contributed by atoms with van der Waals surface area (Å²) >= 11 is 0. The minimum Gasteiger partial charge on any atom is -0.324 e. The molecule has 0 spiro atoms. The summed E-state index contributed by atoms with van der Waals surface area (Å²) in [4.78, 5) is 37.7. The van der Waals surface area contributed by atoms with E-state index in [2.05, 4.69) is 31.4 Å². The lowest BCUT2D eigenvalue weighted by Crippen LogP contribution is -2.38. The third-order valence-corrected chi connectivity index (χ3v) is 4.86. The number of amides is 4. The molecule has 1 fully saturated rings. The highest BCUT2D eigenvalue weighted by atomic mass is 19.4. The predicted molar refractivity (Wildman–Crippen MR) is 113 cm³/mol. The molecule has 2 aromatic rings. The van der Waals surface area contributed by atoms with E-state index >= 15 is 0 Å². The third kappa shape index (κ3) is 5.16. The molecule has 4 amide bonds. The summed E-state index contributed by atoms with van der Waals surface area (Å²) in [5.41, 5.74) is 0.224. The summed E-state index contributed by atoms with van der Waals surface area (Å²) < 4.78 is 39.3. The summed E-state index contributed by atoms with van der Waals surface area (Å²) in [5, 5.41) is 4.51. The number of anilines is 1. The molecular formula is C23H22F3N3O3. The molecule has 1 aliphatic heterocycles. The number of benzene rings is 2. The molecule has 1 aliphatic rings. The highest BCUT2D eigenvalue weighted by Gasteiger charge is 2.36. The Morgan fingerprint density at radius 1 is 1.03 bits per heavy atom. The Morgan fingerprint density at radius 3 is 2.25 bits per heavy atom. The first-order chi connectivity index (χ1) is 14.9. The zero-order chi connectivity index (χ0) is 23.7. The largest absolute Gasteiger partial charge is 0.418 e. The van der Waals surface area contributed by atoms with Crippen LogP contribution in [0.2, 0.25) is 0 Å². The predicted octanol–water partition coefficient (Wildman–Crippen LogP) is 4.53. The van der Waals surface area contributed by atoms with Crippen molar-refractivity contribution in [2.45, 2.75) is 32.4 Å². The van der Waals surface area contributed by atoms with E-state index < -0.39 is 41.8 Å². The van der Waals surface area contributed by atoms with Crippen molar-refractivity contribution in [2.75, 3.05) is 11.9 Å². The summed E-state index contributed by atoms with van der Waals surface area (Å²) in [6, 6.07) is 11.1. The molecule has 0 saturated carbocycles. The van der Waals surface area contributed by atoms with Crippen molar-refractivity contribution in [1.82, 2.24) is 10.2 Å². The van der Waals surface area contributed by atoms with Gasteiger partial charge in [-0.25, -0.2) is 9.69 Å². The molecule has 0 aliphatic carbocycles. The van der Waals surface area contributed by atoms with Crippen LogP contribution >= 0.6 is 0 Å². The Kier molecular flexibility index (Phi) is 6.11. The first-order valence-electron chi connectivity index (χ1n) is 9.77. The molecule has 32 heavy (non-hydrogen) atoms. The van der Waals surface area contributed by atoms with Gasteiger partial charge in [0.05, 0.1) is 11.3 Å². The summed E-state index contributed by atoms with van der Waals surface area (Å²) in [7, 11) is 0. The van der Waals surface area contributed by atoms with Gasteiger partial charge in [-0.3, -0.25) is 9.59 Å². The summed E-state index contributed by atoms with van der Waals surface area (Å²) in [6.07, 6.45) is -3.19. The van der Waals surface area contributed by atoms with Crippen LogP contribution in [0.1, 0.15) is 37.5 Å². The molecule has 6 nitrogen and oxygen atoms in total. The number of halogens is 3. The van der Waals surface area contributed by atoms with Gasteiger partial charge in [0, 0.05) is 0 Å². The number of urea groups is 1. The Hall–Kier alpha value is -3.62. The van der Waals surface area contributed by atoms with Crippen molar-refractivity contribution in [3.05, 3.63) is 70.9 Å². The molecule has 0 unspecified atom stereocenters. The number of rotatable bonds is 4. The van der Waals surface area contributed by atoms with Crippen molar-refractivity contribution < 1.29 is 27.6 Å². The fourth-order valence-corrected chi connectivity index (χ4v) is 3.13. The number of nitrogens with zero attached hydrogens (tertiary/aromatic N) is 1. The van der Waals surface area contributed by atoms with E-state index in [0.29, 0.717) is 10.5 Å². The van der Waals surface area contributed by atoms with E-state index in [9.17, 15) is 27.6 Å². The standard InChI is InChI=1S/C23H22F3N3O3/c1-22(2,3)15-10-8-14(9-11-15)12-18-20(31)29(21(32)28-18)13-19(30)27-17-7-5-4-6-16(17)23(24,25)26/h4-12H,13H2,1-3H3,(H,27,30)(H,28,32)/b18-12-. The normalized spacial score (nSPS) is 15.8. The van der Waals surface area contributed by atoms with Crippen LogP contribution in [0.3, 0.4) is 0 Å². The number of carbonyl (C=O) groups excluding carboxylic acids is 3. The molecule has 0 bridgehead atoms. The third-order valence-electron chi connectivity index (χ3n) is 4.86. The quantitative estimate of drug-likeness (QED) is 0.536. The van der Waals surface area contributed by atoms with E-state index in [0.717, 1.165) is 17.7 Å². The minimum atomic E-state index is -4.66. The second kappa shape index (κ2) is 8.49. The van der Waals surface area contributed by atoms with Gasteiger partial charge in [-0.2, -0.15) is 13.2 Å². The molecule has 168 valence electrons. The van der Waals surface area contributed by atoms with E-state index in [-0.39, 0.29) is 11.1 Å². The maximum atomic E-state index is 13.1. The highest BCUT2D eigenvalue weighted by molar-refractivity contribution is 6.16. The first-order valence-corrected chi connectivity index (χ1v) is 9.77. The van der Waals surface area contributed by atoms with Gasteiger partial charge in [-0.1, -0.05) is 57.2 Å². The fraction of sp³-hybridized carbons (Fsp3) is 0.261. The van der Waals surface area contributed by atoms with Crippen LogP contribution < -0.4 is 10.6 Å². The maximum absolute atomic E-state index is 13.1. The monoisotopic (exact) mass is 445 g/mol. The van der Waals surface area contributed by atoms with Crippen LogP contribution in [0.5, 0.6) is 0 Å². The lowest BCUT2D eigenvalue weighted by molar-refractivity contribution is -0.137. The van der Waals surface area contributed by atoms with Gasteiger partial charge in [0.25, 0.3) is 5.91 Å². The molecule has 1 saturated heterocycles. The highest BCUT2D eigenvalue weighted by Crippen LogP contribution is 2.34. The molecular weight excluding hydrogens is 423 g/mol. The molecule has 1 heterocycles. The van der Waals surface area contributed by atoms with Crippen molar-refractivity contribution in [1.29, 1.82) is 0 Å². The van der Waals surface area contributed by atoms with Crippen LogP contribution in [0.15, 0.2) is 54.2 Å². The van der Waals surface area contributed by atoms with Gasteiger partial charge in [-0.05, 0) is 34.8 Å². The van der Waals surface area contributed by atoms with Gasteiger partial charge in [0.1, 0.15) is 12.2 Å². The second-order valence-corrected chi connectivity index (χ2v) is 8.34. The Labute approximate surface area is 183 Å². The van der Waals surface area contributed by atoms with Gasteiger partial charge in [0.15, 0.2) is 0 Å². The van der Waals surface area contributed by atoms with Crippen molar-refractivity contribution in [3.8, 4) is 0 Å². The molecule has 2 N–H and O–H groups in total. The zero-order valence-corrected chi connectivity index (χ0v) is 17.7. The molecule has 0 aromatic heterocycles. The van der Waals surface area contributed by atoms with Gasteiger partial charge in [-0.15, -0.1) is 0 Å². The average Bonchev–Trinajstić information content (AvgIpc) is 2.94. The van der Waals surface area contributed by atoms with E-state index in [4.69, 9.17) is 0 Å². The van der Waals surface area contributed by atoms with E-state index in [1.54, 1.807) is 12.1 Å². The molecule has 0 radical (unpaired) electrons.